The summed E-state index contributed by atoms with van der Waals surface area (Å²) in [5, 5.41) is 2.87. The maximum Gasteiger partial charge on any atom is 0.234 e. The highest BCUT2D eigenvalue weighted by Crippen LogP contribution is 2.20. The number of rotatable bonds is 5. The minimum absolute atomic E-state index is 0.0951. The molecule has 138 valence electrons. The van der Waals surface area contributed by atoms with Crippen LogP contribution in [0.4, 0.5) is 5.82 Å². The van der Waals surface area contributed by atoms with Gasteiger partial charge in [-0.1, -0.05) is 0 Å². The molecule has 1 aliphatic heterocycles. The van der Waals surface area contributed by atoms with Crippen LogP contribution >= 0.6 is 0 Å². The second-order valence-electron chi connectivity index (χ2n) is 6.50. The van der Waals surface area contributed by atoms with Crippen molar-refractivity contribution in [3.05, 3.63) is 36.3 Å². The fourth-order valence-corrected chi connectivity index (χ4v) is 3.15. The van der Waals surface area contributed by atoms with E-state index in [1.807, 2.05) is 32.0 Å². The Kier molecular flexibility index (Phi) is 6.12. The number of carbonyl (C=O) groups is 1. The normalized spacial score (nSPS) is 15.5. The molecule has 0 aromatic carbocycles. The SMILES string of the molecule is CCNC(=O)CN1CCCN(c2cc(C)nc(-c3cccnc3)n2)CC1. The summed E-state index contributed by atoms with van der Waals surface area (Å²) >= 11 is 0. The number of likely N-dealkylation sites (N-methyl/N-ethyl adjacent to an activating group) is 1. The largest absolute Gasteiger partial charge is 0.355 e. The lowest BCUT2D eigenvalue weighted by Crippen LogP contribution is -2.39. The van der Waals surface area contributed by atoms with Gasteiger partial charge in [0.1, 0.15) is 5.82 Å². The van der Waals surface area contributed by atoms with Crippen LogP contribution in [0.3, 0.4) is 0 Å². The van der Waals surface area contributed by atoms with Crippen LogP contribution in [0.1, 0.15) is 19.0 Å². The van der Waals surface area contributed by atoms with Crippen LogP contribution < -0.4 is 10.2 Å². The van der Waals surface area contributed by atoms with Crippen molar-refractivity contribution < 1.29 is 4.79 Å². The van der Waals surface area contributed by atoms with E-state index in [4.69, 9.17) is 4.98 Å². The van der Waals surface area contributed by atoms with E-state index in [1.165, 1.54) is 0 Å². The average molecular weight is 354 g/mol. The second-order valence-corrected chi connectivity index (χ2v) is 6.50. The Morgan fingerprint density at radius 1 is 1.23 bits per heavy atom. The molecule has 1 saturated heterocycles. The number of aromatic nitrogens is 3. The maximum absolute atomic E-state index is 11.8. The van der Waals surface area contributed by atoms with Crippen molar-refractivity contribution in [2.45, 2.75) is 20.3 Å². The van der Waals surface area contributed by atoms with Crippen LogP contribution in [-0.4, -0.2) is 65.0 Å². The number of nitrogens with one attached hydrogen (secondary N) is 1. The molecule has 2 aromatic rings. The summed E-state index contributed by atoms with van der Waals surface area (Å²) < 4.78 is 0. The maximum atomic E-state index is 11.8. The lowest BCUT2D eigenvalue weighted by molar-refractivity contribution is -0.122. The Morgan fingerprint density at radius 2 is 2.12 bits per heavy atom. The molecule has 3 heterocycles. The van der Waals surface area contributed by atoms with Crippen LogP contribution in [0, 0.1) is 6.92 Å². The number of carbonyl (C=O) groups excluding carboxylic acids is 1. The third-order valence-electron chi connectivity index (χ3n) is 4.41. The van der Waals surface area contributed by atoms with Crippen LogP contribution in [0.5, 0.6) is 0 Å². The fourth-order valence-electron chi connectivity index (χ4n) is 3.15. The van der Waals surface area contributed by atoms with E-state index in [0.29, 0.717) is 18.9 Å². The van der Waals surface area contributed by atoms with Crippen LogP contribution in [0.2, 0.25) is 0 Å². The molecule has 3 rings (SSSR count). The summed E-state index contributed by atoms with van der Waals surface area (Å²) in [6.07, 6.45) is 4.54. The van der Waals surface area contributed by atoms with Gasteiger partial charge in [0.25, 0.3) is 0 Å². The topological polar surface area (TPSA) is 74.2 Å². The number of hydrogen-bond donors (Lipinski definition) is 1. The zero-order valence-electron chi connectivity index (χ0n) is 15.5. The van der Waals surface area contributed by atoms with Gasteiger partial charge in [0.05, 0.1) is 6.54 Å². The first-order valence-corrected chi connectivity index (χ1v) is 9.16. The van der Waals surface area contributed by atoms with E-state index in [0.717, 1.165) is 49.7 Å². The van der Waals surface area contributed by atoms with Gasteiger partial charge in [0.15, 0.2) is 5.82 Å². The monoisotopic (exact) mass is 354 g/mol. The van der Waals surface area contributed by atoms with E-state index >= 15 is 0 Å². The first-order chi connectivity index (χ1) is 12.7. The van der Waals surface area contributed by atoms with Gasteiger partial charge in [-0.05, 0) is 32.4 Å². The molecule has 0 radical (unpaired) electrons. The van der Waals surface area contributed by atoms with Gasteiger partial charge in [-0.25, -0.2) is 9.97 Å². The van der Waals surface area contributed by atoms with Crippen LogP contribution in [0.15, 0.2) is 30.6 Å². The molecule has 1 amide bonds. The molecule has 1 aliphatic rings. The highest BCUT2D eigenvalue weighted by molar-refractivity contribution is 5.77. The number of hydrogen-bond acceptors (Lipinski definition) is 6. The summed E-state index contributed by atoms with van der Waals surface area (Å²) in [5.74, 6) is 1.74. The van der Waals surface area contributed by atoms with Crippen molar-refractivity contribution in [3.63, 3.8) is 0 Å². The Hall–Kier alpha value is -2.54. The van der Waals surface area contributed by atoms with Gasteiger partial charge in [0.2, 0.25) is 5.91 Å². The van der Waals surface area contributed by atoms with E-state index in [2.05, 4.69) is 25.1 Å². The molecule has 0 atom stereocenters. The molecular formula is C19H26N6O. The smallest absolute Gasteiger partial charge is 0.234 e. The average Bonchev–Trinajstić information content (AvgIpc) is 2.88. The Balaban J connectivity index is 1.71. The summed E-state index contributed by atoms with van der Waals surface area (Å²) in [5.41, 5.74) is 1.86. The second kappa shape index (κ2) is 8.71. The van der Waals surface area contributed by atoms with Gasteiger partial charge in [0, 0.05) is 62.4 Å². The molecule has 0 bridgehead atoms. The summed E-state index contributed by atoms with van der Waals surface area (Å²) in [7, 11) is 0. The van der Waals surface area contributed by atoms with Crippen molar-refractivity contribution >= 4 is 11.7 Å². The molecule has 2 aromatic heterocycles. The molecule has 1 N–H and O–H groups in total. The predicted molar refractivity (Wildman–Crippen MR) is 102 cm³/mol. The number of nitrogens with zero attached hydrogens (tertiary/aromatic N) is 5. The van der Waals surface area contributed by atoms with Crippen molar-refractivity contribution in [2.75, 3.05) is 44.2 Å². The molecule has 0 aliphatic carbocycles. The molecule has 0 spiro atoms. The van der Waals surface area contributed by atoms with Crippen LogP contribution in [0.25, 0.3) is 11.4 Å². The number of anilines is 1. The molecular weight excluding hydrogens is 328 g/mol. The lowest BCUT2D eigenvalue weighted by Gasteiger charge is -2.23. The molecule has 1 fully saturated rings. The van der Waals surface area contributed by atoms with Gasteiger partial charge < -0.3 is 10.2 Å². The highest BCUT2D eigenvalue weighted by atomic mass is 16.2. The highest BCUT2D eigenvalue weighted by Gasteiger charge is 2.19. The standard InChI is InChI=1S/C19H26N6O/c1-3-21-18(26)14-24-8-5-9-25(11-10-24)17-12-15(2)22-19(23-17)16-6-4-7-20-13-16/h4,6-7,12-13H,3,5,8-11,14H2,1-2H3,(H,21,26). The molecule has 7 nitrogen and oxygen atoms in total. The number of amides is 1. The van der Waals surface area contributed by atoms with Gasteiger partial charge in [-0.15, -0.1) is 0 Å². The minimum Gasteiger partial charge on any atom is -0.355 e. The van der Waals surface area contributed by atoms with E-state index < -0.39 is 0 Å². The third-order valence-corrected chi connectivity index (χ3v) is 4.41. The number of aryl methyl sites for hydroxylation is 1. The van der Waals surface area contributed by atoms with E-state index in [9.17, 15) is 4.79 Å². The summed E-state index contributed by atoms with van der Waals surface area (Å²) in [6.45, 7) is 8.62. The zero-order valence-corrected chi connectivity index (χ0v) is 15.5. The Labute approximate surface area is 154 Å². The van der Waals surface area contributed by atoms with E-state index in [1.54, 1.807) is 12.4 Å². The Morgan fingerprint density at radius 3 is 2.88 bits per heavy atom. The molecule has 7 heteroatoms. The van der Waals surface area contributed by atoms with Gasteiger partial charge in [-0.3, -0.25) is 14.7 Å². The van der Waals surface area contributed by atoms with Gasteiger partial charge in [-0.2, -0.15) is 0 Å². The van der Waals surface area contributed by atoms with E-state index in [-0.39, 0.29) is 5.91 Å². The van der Waals surface area contributed by atoms with Crippen molar-refractivity contribution in [1.82, 2.24) is 25.2 Å². The first kappa shape index (κ1) is 18.3. The fraction of sp³-hybridized carbons (Fsp3) is 0.474. The van der Waals surface area contributed by atoms with Crippen molar-refractivity contribution in [2.24, 2.45) is 0 Å². The van der Waals surface area contributed by atoms with Crippen molar-refractivity contribution in [3.8, 4) is 11.4 Å². The molecule has 0 unspecified atom stereocenters. The number of pyridine rings is 1. The Bertz CT molecular complexity index is 736. The summed E-state index contributed by atoms with van der Waals surface area (Å²) in [6, 6.07) is 5.90. The first-order valence-electron chi connectivity index (χ1n) is 9.16. The minimum atomic E-state index is 0.0951. The quantitative estimate of drug-likeness (QED) is 0.877. The zero-order chi connectivity index (χ0) is 18.4. The van der Waals surface area contributed by atoms with Gasteiger partial charge >= 0.3 is 0 Å². The third kappa shape index (κ3) is 4.76. The predicted octanol–water partition coefficient (Wildman–Crippen LogP) is 1.50. The van der Waals surface area contributed by atoms with Crippen molar-refractivity contribution in [1.29, 1.82) is 0 Å². The molecule has 26 heavy (non-hydrogen) atoms. The summed E-state index contributed by atoms with van der Waals surface area (Å²) in [4.78, 5) is 29.8. The molecule has 0 saturated carbocycles. The van der Waals surface area contributed by atoms with Crippen LogP contribution in [-0.2, 0) is 4.79 Å². The lowest BCUT2D eigenvalue weighted by atomic mass is 10.2.